The van der Waals surface area contributed by atoms with Crippen molar-refractivity contribution in [3.05, 3.63) is 52.8 Å². The highest BCUT2D eigenvalue weighted by Gasteiger charge is 2.36. The van der Waals surface area contributed by atoms with Crippen molar-refractivity contribution in [3.63, 3.8) is 0 Å². The van der Waals surface area contributed by atoms with Crippen LogP contribution in [0.4, 0.5) is 10.2 Å². The molecule has 1 atom stereocenters. The predicted octanol–water partition coefficient (Wildman–Crippen LogP) is 3.38. The van der Waals surface area contributed by atoms with Gasteiger partial charge >= 0.3 is 0 Å². The van der Waals surface area contributed by atoms with Gasteiger partial charge in [0.05, 0.1) is 5.56 Å². The number of carbonyl (C=O) groups is 2. The second-order valence-electron chi connectivity index (χ2n) is 7.95. The van der Waals surface area contributed by atoms with E-state index >= 15 is 0 Å². The molecule has 1 aromatic heterocycles. The van der Waals surface area contributed by atoms with Gasteiger partial charge in [0.25, 0.3) is 5.91 Å². The molecule has 2 saturated heterocycles. The Morgan fingerprint density at radius 3 is 2.94 bits per heavy atom. The smallest absolute Gasteiger partial charge is 0.254 e. The standard InChI is InChI=1S/C23H27FN4O2S/c1-3-31-23-21(22(30)25-13-16-5-4-6-17(24)12-16)15(2)11-19(26-23)27-9-10-28-18(14-27)7-8-20(28)29/h4-6,11-12,18H,3,7-10,13-14H2,1-2H3,(H,25,30). The van der Waals surface area contributed by atoms with Gasteiger partial charge in [-0.15, -0.1) is 11.8 Å². The number of hydrogen-bond acceptors (Lipinski definition) is 5. The number of amides is 2. The van der Waals surface area contributed by atoms with Crippen LogP contribution in [0.25, 0.3) is 0 Å². The molecule has 2 aromatic rings. The highest BCUT2D eigenvalue weighted by molar-refractivity contribution is 7.99. The molecule has 0 bridgehead atoms. The molecule has 8 heteroatoms. The van der Waals surface area contributed by atoms with Crippen molar-refractivity contribution >= 4 is 29.4 Å². The molecule has 164 valence electrons. The van der Waals surface area contributed by atoms with Crippen LogP contribution in [-0.2, 0) is 11.3 Å². The highest BCUT2D eigenvalue weighted by Crippen LogP contribution is 2.30. The molecule has 0 saturated carbocycles. The van der Waals surface area contributed by atoms with E-state index in [-0.39, 0.29) is 30.2 Å². The van der Waals surface area contributed by atoms with Crippen molar-refractivity contribution in [2.45, 2.75) is 44.3 Å². The Morgan fingerprint density at radius 2 is 2.16 bits per heavy atom. The molecule has 4 rings (SSSR count). The Bertz CT molecular complexity index is 1000. The van der Waals surface area contributed by atoms with E-state index in [2.05, 4.69) is 10.2 Å². The zero-order chi connectivity index (χ0) is 22.0. The van der Waals surface area contributed by atoms with E-state index in [0.717, 1.165) is 43.2 Å². The van der Waals surface area contributed by atoms with Crippen molar-refractivity contribution in [2.75, 3.05) is 30.3 Å². The first kappa shape index (κ1) is 21.6. The molecule has 0 radical (unpaired) electrons. The van der Waals surface area contributed by atoms with Crippen LogP contribution in [0.3, 0.4) is 0 Å². The summed E-state index contributed by atoms with van der Waals surface area (Å²) in [4.78, 5) is 34.0. The summed E-state index contributed by atoms with van der Waals surface area (Å²) in [5.74, 6) is 1.38. The van der Waals surface area contributed by atoms with Gasteiger partial charge in [-0.1, -0.05) is 19.1 Å². The normalized spacial score (nSPS) is 18.3. The number of anilines is 1. The van der Waals surface area contributed by atoms with E-state index in [1.54, 1.807) is 23.9 Å². The summed E-state index contributed by atoms with van der Waals surface area (Å²) in [5, 5.41) is 3.61. The summed E-state index contributed by atoms with van der Waals surface area (Å²) in [7, 11) is 0. The van der Waals surface area contributed by atoms with Gasteiger partial charge in [0.15, 0.2) is 0 Å². The molecule has 6 nitrogen and oxygen atoms in total. The van der Waals surface area contributed by atoms with Crippen molar-refractivity contribution < 1.29 is 14.0 Å². The zero-order valence-corrected chi connectivity index (χ0v) is 18.7. The number of carbonyl (C=O) groups excluding carboxylic acids is 2. The first-order chi connectivity index (χ1) is 15.0. The topological polar surface area (TPSA) is 65.5 Å². The second-order valence-corrected chi connectivity index (χ2v) is 9.20. The third kappa shape index (κ3) is 4.69. The summed E-state index contributed by atoms with van der Waals surface area (Å²) >= 11 is 1.54. The third-order valence-electron chi connectivity index (χ3n) is 5.84. The van der Waals surface area contributed by atoms with Crippen LogP contribution < -0.4 is 10.2 Å². The van der Waals surface area contributed by atoms with Crippen LogP contribution in [0, 0.1) is 12.7 Å². The molecular formula is C23H27FN4O2S. The number of hydrogen-bond donors (Lipinski definition) is 1. The second kappa shape index (κ2) is 9.26. The maximum absolute atomic E-state index is 13.4. The average molecular weight is 443 g/mol. The van der Waals surface area contributed by atoms with Crippen LogP contribution >= 0.6 is 11.8 Å². The first-order valence-corrected chi connectivity index (χ1v) is 11.7. The molecule has 2 aliphatic heterocycles. The van der Waals surface area contributed by atoms with Gasteiger partial charge in [-0.05, 0) is 48.4 Å². The van der Waals surface area contributed by atoms with Gasteiger partial charge in [-0.25, -0.2) is 9.37 Å². The molecule has 0 spiro atoms. The largest absolute Gasteiger partial charge is 0.353 e. The number of aromatic nitrogens is 1. The van der Waals surface area contributed by atoms with Crippen LogP contribution in [0.5, 0.6) is 0 Å². The summed E-state index contributed by atoms with van der Waals surface area (Å²) in [6.45, 7) is 6.46. The minimum atomic E-state index is -0.319. The molecule has 1 aromatic carbocycles. The molecule has 1 unspecified atom stereocenters. The first-order valence-electron chi connectivity index (χ1n) is 10.7. The van der Waals surface area contributed by atoms with E-state index in [9.17, 15) is 14.0 Å². The quantitative estimate of drug-likeness (QED) is 0.695. The van der Waals surface area contributed by atoms with Crippen LogP contribution in [0.15, 0.2) is 35.4 Å². The minimum absolute atomic E-state index is 0.206. The van der Waals surface area contributed by atoms with Crippen molar-refractivity contribution in [2.24, 2.45) is 0 Å². The molecule has 0 aliphatic carbocycles. The fourth-order valence-corrected chi connectivity index (χ4v) is 5.13. The summed E-state index contributed by atoms with van der Waals surface area (Å²) in [5.41, 5.74) is 2.15. The van der Waals surface area contributed by atoms with Gasteiger partial charge in [-0.3, -0.25) is 9.59 Å². The molecule has 2 amide bonds. The van der Waals surface area contributed by atoms with Gasteiger partial charge < -0.3 is 15.1 Å². The summed E-state index contributed by atoms with van der Waals surface area (Å²) < 4.78 is 13.4. The fraction of sp³-hybridized carbons (Fsp3) is 0.435. The monoisotopic (exact) mass is 442 g/mol. The van der Waals surface area contributed by atoms with Gasteiger partial charge in [0.2, 0.25) is 5.91 Å². The number of fused-ring (bicyclic) bond motifs is 1. The molecule has 2 fully saturated rings. The van der Waals surface area contributed by atoms with Crippen LogP contribution in [-0.4, -0.2) is 53.1 Å². The molecule has 3 heterocycles. The summed E-state index contributed by atoms with van der Waals surface area (Å²) in [6.07, 6.45) is 1.53. The number of nitrogens with one attached hydrogen (secondary N) is 1. The predicted molar refractivity (Wildman–Crippen MR) is 120 cm³/mol. The number of nitrogens with zero attached hydrogens (tertiary/aromatic N) is 3. The number of aryl methyl sites for hydroxylation is 1. The molecule has 31 heavy (non-hydrogen) atoms. The number of rotatable bonds is 6. The van der Waals surface area contributed by atoms with Crippen molar-refractivity contribution in [3.8, 4) is 0 Å². The molecular weight excluding hydrogens is 415 g/mol. The summed E-state index contributed by atoms with van der Waals surface area (Å²) in [6, 6.07) is 8.43. The van der Waals surface area contributed by atoms with Gasteiger partial charge in [0, 0.05) is 38.6 Å². The molecule has 2 aliphatic rings. The Kier molecular flexibility index (Phi) is 6.46. The Balaban J connectivity index is 1.53. The number of pyridine rings is 1. The lowest BCUT2D eigenvalue weighted by molar-refractivity contribution is -0.129. The van der Waals surface area contributed by atoms with Gasteiger partial charge in [0.1, 0.15) is 16.7 Å². The van der Waals surface area contributed by atoms with E-state index in [0.29, 0.717) is 22.6 Å². The zero-order valence-electron chi connectivity index (χ0n) is 17.9. The lowest BCUT2D eigenvalue weighted by atomic mass is 10.1. The lowest BCUT2D eigenvalue weighted by Gasteiger charge is -2.38. The maximum Gasteiger partial charge on any atom is 0.254 e. The SMILES string of the molecule is CCSc1nc(N2CCN3C(=O)CCC3C2)cc(C)c1C(=O)NCc1cccc(F)c1. The van der Waals surface area contributed by atoms with E-state index in [4.69, 9.17) is 4.98 Å². The average Bonchev–Trinajstić information content (AvgIpc) is 3.12. The number of thioether (sulfide) groups is 1. The third-order valence-corrected chi connectivity index (χ3v) is 6.70. The van der Waals surface area contributed by atoms with Crippen molar-refractivity contribution in [1.82, 2.24) is 15.2 Å². The van der Waals surface area contributed by atoms with E-state index < -0.39 is 0 Å². The minimum Gasteiger partial charge on any atom is -0.353 e. The lowest BCUT2D eigenvalue weighted by Crippen LogP contribution is -2.51. The Hall–Kier alpha value is -2.61. The Labute approximate surface area is 186 Å². The van der Waals surface area contributed by atoms with E-state index in [1.807, 2.05) is 24.8 Å². The highest BCUT2D eigenvalue weighted by atomic mass is 32.2. The number of halogens is 1. The van der Waals surface area contributed by atoms with E-state index in [1.165, 1.54) is 12.1 Å². The van der Waals surface area contributed by atoms with Crippen LogP contribution in [0.1, 0.15) is 41.3 Å². The Morgan fingerprint density at radius 1 is 1.32 bits per heavy atom. The fourth-order valence-electron chi connectivity index (χ4n) is 4.30. The molecule has 1 N–H and O–H groups in total. The van der Waals surface area contributed by atoms with Crippen LogP contribution in [0.2, 0.25) is 0 Å². The number of benzene rings is 1. The van der Waals surface area contributed by atoms with Crippen molar-refractivity contribution in [1.29, 1.82) is 0 Å². The van der Waals surface area contributed by atoms with Gasteiger partial charge in [-0.2, -0.15) is 0 Å². The number of piperazine rings is 1. The maximum atomic E-state index is 13.4.